The van der Waals surface area contributed by atoms with Crippen molar-refractivity contribution in [2.75, 3.05) is 5.75 Å². The van der Waals surface area contributed by atoms with E-state index in [0.717, 1.165) is 41.4 Å². The van der Waals surface area contributed by atoms with Crippen molar-refractivity contribution < 1.29 is 9.13 Å². The first-order valence-corrected chi connectivity index (χ1v) is 12.0. The van der Waals surface area contributed by atoms with Crippen molar-refractivity contribution in [3.8, 4) is 11.8 Å². The van der Waals surface area contributed by atoms with E-state index in [9.17, 15) is 4.39 Å². The van der Waals surface area contributed by atoms with Gasteiger partial charge in [-0.1, -0.05) is 30.3 Å². The Morgan fingerprint density at radius 1 is 1.27 bits per heavy atom. The molecule has 2 aliphatic carbocycles. The Labute approximate surface area is 182 Å². The highest BCUT2D eigenvalue weighted by Gasteiger charge is 2.43. The molecule has 5 nitrogen and oxygen atoms in total. The first-order valence-electron chi connectivity index (χ1n) is 11.0. The number of rotatable bonds is 10. The molecular weight excluding hydrogens is 399 g/mol. The molecule has 160 valence electrons. The first kappa shape index (κ1) is 21.2. The van der Waals surface area contributed by atoms with Crippen molar-refractivity contribution in [1.82, 2.24) is 14.8 Å². The second-order valence-corrected chi connectivity index (χ2v) is 9.59. The number of halogens is 1. The molecule has 0 saturated heterocycles. The van der Waals surface area contributed by atoms with Crippen LogP contribution in [-0.4, -0.2) is 20.5 Å². The van der Waals surface area contributed by atoms with Crippen molar-refractivity contribution in [3.63, 3.8) is 0 Å². The molecule has 2 fully saturated rings. The van der Waals surface area contributed by atoms with Crippen LogP contribution < -0.4 is 4.74 Å². The lowest BCUT2D eigenvalue weighted by molar-refractivity contribution is 0.215. The fourth-order valence-corrected chi connectivity index (χ4v) is 6.20. The van der Waals surface area contributed by atoms with E-state index < -0.39 is 0 Å². The molecule has 1 heterocycles. The summed E-state index contributed by atoms with van der Waals surface area (Å²) < 4.78 is 22.0. The van der Waals surface area contributed by atoms with E-state index in [4.69, 9.17) is 10.00 Å². The van der Waals surface area contributed by atoms with Gasteiger partial charge in [-0.2, -0.15) is 5.26 Å². The van der Waals surface area contributed by atoms with Gasteiger partial charge < -0.3 is 4.74 Å². The minimum Gasteiger partial charge on any atom is -0.483 e. The number of benzene rings is 1. The van der Waals surface area contributed by atoms with Gasteiger partial charge in [0.2, 0.25) is 0 Å². The minimum atomic E-state index is -0.364. The summed E-state index contributed by atoms with van der Waals surface area (Å²) in [7, 11) is 0. The van der Waals surface area contributed by atoms with Gasteiger partial charge in [-0.25, -0.2) is 4.39 Å². The van der Waals surface area contributed by atoms with Gasteiger partial charge >= 0.3 is 0 Å². The largest absolute Gasteiger partial charge is 0.483 e. The summed E-state index contributed by atoms with van der Waals surface area (Å²) in [6.45, 7) is 2.48. The molecule has 0 aliphatic heterocycles. The number of hydrogen-bond donors (Lipinski definition) is 0. The third-order valence-corrected chi connectivity index (χ3v) is 7.69. The third-order valence-electron chi connectivity index (χ3n) is 6.66. The van der Waals surface area contributed by atoms with Crippen LogP contribution in [-0.2, 0) is 6.61 Å². The van der Waals surface area contributed by atoms with Crippen molar-refractivity contribution in [3.05, 3.63) is 35.9 Å². The normalized spacial score (nSPS) is 23.4. The van der Waals surface area contributed by atoms with Crippen LogP contribution in [0.4, 0.5) is 4.39 Å². The highest BCUT2D eigenvalue weighted by Crippen LogP contribution is 2.52. The second-order valence-electron chi connectivity index (χ2n) is 8.53. The van der Waals surface area contributed by atoms with E-state index in [1.165, 1.54) is 31.7 Å². The van der Waals surface area contributed by atoms with Crippen molar-refractivity contribution in [2.45, 2.75) is 69.7 Å². The van der Waals surface area contributed by atoms with Crippen molar-refractivity contribution >= 4 is 11.8 Å². The fourth-order valence-electron chi connectivity index (χ4n) is 5.16. The number of thioether (sulfide) groups is 1. The van der Waals surface area contributed by atoms with Crippen molar-refractivity contribution in [1.29, 1.82) is 5.26 Å². The van der Waals surface area contributed by atoms with Crippen LogP contribution in [0.1, 0.15) is 63.7 Å². The Morgan fingerprint density at radius 2 is 2.13 bits per heavy atom. The van der Waals surface area contributed by atoms with Crippen LogP contribution in [0.25, 0.3) is 0 Å². The zero-order valence-electron chi connectivity index (χ0n) is 17.5. The number of nitriles is 1. The highest BCUT2D eigenvalue weighted by atomic mass is 32.2. The standard InChI is InChI=1S/C23H29FN4OS/c1-16(19-14-17-9-10-18(19)13-17)28-22(15-29-21-8-4-3-7-20(21)24)26-27-23(28)30-12-6-2-5-11-25/h3-4,7-8,16-19H,2,5-6,9-10,12-15H2,1H3/t16-,17-,18-,19+/m0/s1. The third kappa shape index (κ3) is 4.64. The monoisotopic (exact) mass is 428 g/mol. The molecule has 2 bridgehead atoms. The van der Waals surface area contributed by atoms with Gasteiger partial charge in [0.25, 0.3) is 0 Å². The number of nitrogens with zero attached hydrogens (tertiary/aromatic N) is 4. The number of fused-ring (bicyclic) bond motifs is 2. The summed E-state index contributed by atoms with van der Waals surface area (Å²) in [6.07, 6.45) is 7.83. The second kappa shape index (κ2) is 9.82. The molecule has 7 heteroatoms. The van der Waals surface area contributed by atoms with E-state index in [1.54, 1.807) is 30.0 Å². The quantitative estimate of drug-likeness (QED) is 0.354. The summed E-state index contributed by atoms with van der Waals surface area (Å²) in [5.74, 6) is 3.86. The number of aromatic nitrogens is 3. The maximum Gasteiger partial charge on any atom is 0.191 e. The average molecular weight is 429 g/mol. The van der Waals surface area contributed by atoms with E-state index in [2.05, 4.69) is 27.8 Å². The number of para-hydroxylation sites is 1. The van der Waals surface area contributed by atoms with Gasteiger partial charge in [0.1, 0.15) is 6.61 Å². The van der Waals surface area contributed by atoms with E-state index >= 15 is 0 Å². The molecular formula is C23H29FN4OS. The minimum absolute atomic E-state index is 0.202. The summed E-state index contributed by atoms with van der Waals surface area (Å²) in [5.41, 5.74) is 0. The van der Waals surface area contributed by atoms with E-state index in [-0.39, 0.29) is 18.2 Å². The highest BCUT2D eigenvalue weighted by molar-refractivity contribution is 7.99. The molecule has 0 amide bonds. The first-order chi connectivity index (χ1) is 14.7. The molecule has 4 rings (SSSR count). The smallest absolute Gasteiger partial charge is 0.191 e. The average Bonchev–Trinajstić information content (AvgIpc) is 3.48. The van der Waals surface area contributed by atoms with Gasteiger partial charge in [-0.3, -0.25) is 4.57 Å². The lowest BCUT2D eigenvalue weighted by Gasteiger charge is -2.30. The SMILES string of the molecule is C[C@@H]([C@H]1C[C@H]2CC[C@H]1C2)n1c(COc2ccccc2F)nnc1SCCCCC#N. The van der Waals surface area contributed by atoms with Crippen LogP contribution in [0.2, 0.25) is 0 Å². The molecule has 2 aromatic rings. The van der Waals surface area contributed by atoms with Gasteiger partial charge in [0.05, 0.1) is 6.07 Å². The Morgan fingerprint density at radius 3 is 2.87 bits per heavy atom. The molecule has 0 N–H and O–H groups in total. The summed E-state index contributed by atoms with van der Waals surface area (Å²) >= 11 is 1.70. The van der Waals surface area contributed by atoms with Gasteiger partial charge in [-0.15, -0.1) is 10.2 Å². The molecule has 0 unspecified atom stereocenters. The van der Waals surface area contributed by atoms with E-state index in [0.29, 0.717) is 18.4 Å². The van der Waals surface area contributed by atoms with E-state index in [1.807, 2.05) is 0 Å². The van der Waals surface area contributed by atoms with Gasteiger partial charge in [-0.05, 0) is 68.9 Å². The molecule has 4 atom stereocenters. The van der Waals surface area contributed by atoms with Crippen LogP contribution >= 0.6 is 11.8 Å². The molecule has 1 aromatic carbocycles. The molecule has 2 aliphatic rings. The summed E-state index contributed by atoms with van der Waals surface area (Å²) in [6, 6.07) is 8.97. The molecule has 1 aromatic heterocycles. The molecule has 0 spiro atoms. The van der Waals surface area contributed by atoms with Gasteiger partial charge in [0.15, 0.2) is 22.5 Å². The molecule has 2 saturated carbocycles. The number of hydrogen-bond acceptors (Lipinski definition) is 5. The van der Waals surface area contributed by atoms with Crippen LogP contribution in [0, 0.1) is 34.9 Å². The Bertz CT molecular complexity index is 896. The lowest BCUT2D eigenvalue weighted by Crippen LogP contribution is -2.24. The zero-order chi connectivity index (χ0) is 20.9. The topological polar surface area (TPSA) is 63.7 Å². The maximum absolute atomic E-state index is 14.0. The van der Waals surface area contributed by atoms with Crippen molar-refractivity contribution in [2.24, 2.45) is 17.8 Å². The van der Waals surface area contributed by atoms with Crippen LogP contribution in [0.5, 0.6) is 5.75 Å². The number of unbranched alkanes of at least 4 members (excludes halogenated alkanes) is 2. The van der Waals surface area contributed by atoms with Crippen LogP contribution in [0.15, 0.2) is 29.4 Å². The summed E-state index contributed by atoms with van der Waals surface area (Å²) in [4.78, 5) is 0. The fraction of sp³-hybridized carbons (Fsp3) is 0.609. The predicted molar refractivity (Wildman–Crippen MR) is 115 cm³/mol. The summed E-state index contributed by atoms with van der Waals surface area (Å²) in [5, 5.41) is 18.5. The lowest BCUT2D eigenvalue weighted by atomic mass is 9.84. The Kier molecular flexibility index (Phi) is 6.93. The Balaban J connectivity index is 1.50. The molecule has 30 heavy (non-hydrogen) atoms. The number of ether oxygens (including phenoxy) is 1. The zero-order valence-corrected chi connectivity index (χ0v) is 18.3. The van der Waals surface area contributed by atoms with Crippen LogP contribution in [0.3, 0.4) is 0 Å². The van der Waals surface area contributed by atoms with Gasteiger partial charge in [0, 0.05) is 18.2 Å². The Hall–Kier alpha value is -2.07. The predicted octanol–water partition coefficient (Wildman–Crippen LogP) is 5.78. The maximum atomic E-state index is 14.0. The molecule has 0 radical (unpaired) electrons.